The molecule has 2 heterocycles. The molecule has 2 saturated heterocycles. The molecule has 1 aromatic carbocycles. The second kappa shape index (κ2) is 5.44. The molecule has 2 N–H and O–H groups in total. The zero-order valence-electron chi connectivity index (χ0n) is 11.5. The molecule has 0 bridgehead atoms. The first kappa shape index (κ1) is 14.0. The maximum Gasteiger partial charge on any atom is 0.240 e. The number of hydrogen-bond acceptors (Lipinski definition) is 4. The highest BCUT2D eigenvalue weighted by atomic mass is 32.2. The molecule has 1 aromatic rings. The maximum absolute atomic E-state index is 12.2. The van der Waals surface area contributed by atoms with E-state index in [2.05, 4.69) is 10.0 Å². The standard InChI is InChI=1S/C14H20N2O3S/c1-10-3-2-4-12(7-10)20(17,18)16-8-11-5-6-13-14(19-11)9-15-13/h2-4,7,11,13-16H,5-6,8-9H2,1H3/t11-,13+,14+/m1/s1. The highest BCUT2D eigenvalue weighted by Gasteiger charge is 2.37. The molecular formula is C14H20N2O3S. The number of nitrogens with one attached hydrogen (secondary N) is 2. The van der Waals surface area contributed by atoms with Gasteiger partial charge < -0.3 is 10.1 Å². The first-order chi connectivity index (χ1) is 9.54. The van der Waals surface area contributed by atoms with Gasteiger partial charge in [0.05, 0.1) is 17.1 Å². The van der Waals surface area contributed by atoms with E-state index in [1.54, 1.807) is 18.2 Å². The van der Waals surface area contributed by atoms with Gasteiger partial charge in [-0.3, -0.25) is 0 Å². The number of hydrogen-bond donors (Lipinski definition) is 2. The molecule has 5 nitrogen and oxygen atoms in total. The van der Waals surface area contributed by atoms with Gasteiger partial charge in [0.25, 0.3) is 0 Å². The van der Waals surface area contributed by atoms with Crippen LogP contribution in [0.3, 0.4) is 0 Å². The quantitative estimate of drug-likeness (QED) is 0.862. The topological polar surface area (TPSA) is 67.4 Å². The minimum absolute atomic E-state index is 0.0158. The number of fused-ring (bicyclic) bond motifs is 1. The number of ether oxygens (including phenoxy) is 1. The number of benzene rings is 1. The van der Waals surface area contributed by atoms with Crippen molar-refractivity contribution in [1.82, 2.24) is 10.0 Å². The average Bonchev–Trinajstić information content (AvgIpc) is 2.39. The van der Waals surface area contributed by atoms with Crippen LogP contribution in [0, 0.1) is 6.92 Å². The van der Waals surface area contributed by atoms with Crippen molar-refractivity contribution in [3.05, 3.63) is 29.8 Å². The minimum Gasteiger partial charge on any atom is -0.371 e. The van der Waals surface area contributed by atoms with E-state index in [0.717, 1.165) is 24.9 Å². The van der Waals surface area contributed by atoms with Crippen LogP contribution in [0.1, 0.15) is 18.4 Å². The van der Waals surface area contributed by atoms with Crippen LogP contribution in [0.15, 0.2) is 29.2 Å². The lowest BCUT2D eigenvalue weighted by Gasteiger charge is -2.44. The summed E-state index contributed by atoms with van der Waals surface area (Å²) in [6.07, 6.45) is 2.20. The normalized spacial score (nSPS) is 29.6. The summed E-state index contributed by atoms with van der Waals surface area (Å²) in [7, 11) is -3.44. The SMILES string of the molecule is Cc1cccc(S(=O)(=O)NC[C@H]2CC[C@@H]3NC[C@@H]3O2)c1. The van der Waals surface area contributed by atoms with Crippen LogP contribution in [-0.4, -0.2) is 39.8 Å². The number of sulfonamides is 1. The van der Waals surface area contributed by atoms with Gasteiger partial charge in [0.1, 0.15) is 0 Å². The predicted molar refractivity (Wildman–Crippen MR) is 76.1 cm³/mol. The van der Waals surface area contributed by atoms with E-state index < -0.39 is 10.0 Å². The lowest BCUT2D eigenvalue weighted by Crippen LogP contribution is -2.62. The maximum atomic E-state index is 12.2. The number of rotatable bonds is 4. The van der Waals surface area contributed by atoms with Gasteiger partial charge in [-0.2, -0.15) is 0 Å². The molecule has 2 fully saturated rings. The van der Waals surface area contributed by atoms with Crippen molar-refractivity contribution in [2.24, 2.45) is 0 Å². The molecule has 3 atom stereocenters. The van der Waals surface area contributed by atoms with E-state index in [4.69, 9.17) is 4.74 Å². The molecule has 0 aliphatic carbocycles. The van der Waals surface area contributed by atoms with Crippen LogP contribution in [0.4, 0.5) is 0 Å². The molecular weight excluding hydrogens is 276 g/mol. The van der Waals surface area contributed by atoms with Gasteiger partial charge in [0.2, 0.25) is 10.0 Å². The fraction of sp³-hybridized carbons (Fsp3) is 0.571. The summed E-state index contributed by atoms with van der Waals surface area (Å²) in [5.41, 5.74) is 0.935. The highest BCUT2D eigenvalue weighted by molar-refractivity contribution is 7.89. The fourth-order valence-electron chi connectivity index (χ4n) is 2.71. The Kier molecular flexibility index (Phi) is 3.81. The Morgan fingerprint density at radius 2 is 2.25 bits per heavy atom. The van der Waals surface area contributed by atoms with Gasteiger partial charge >= 0.3 is 0 Å². The van der Waals surface area contributed by atoms with Crippen LogP contribution in [0.2, 0.25) is 0 Å². The zero-order valence-corrected chi connectivity index (χ0v) is 12.3. The molecule has 0 unspecified atom stereocenters. The molecule has 3 rings (SSSR count). The lowest BCUT2D eigenvalue weighted by molar-refractivity contribution is -0.0999. The van der Waals surface area contributed by atoms with Crippen molar-refractivity contribution >= 4 is 10.0 Å². The second-order valence-electron chi connectivity index (χ2n) is 5.56. The van der Waals surface area contributed by atoms with Crippen LogP contribution in [0.25, 0.3) is 0 Å². The Balaban J connectivity index is 1.59. The van der Waals surface area contributed by atoms with Crippen molar-refractivity contribution in [2.45, 2.75) is 42.9 Å². The zero-order chi connectivity index (χ0) is 14.2. The van der Waals surface area contributed by atoms with E-state index in [-0.39, 0.29) is 12.2 Å². The van der Waals surface area contributed by atoms with Crippen molar-refractivity contribution in [1.29, 1.82) is 0 Å². The molecule has 2 aliphatic rings. The second-order valence-corrected chi connectivity index (χ2v) is 7.32. The molecule has 0 radical (unpaired) electrons. The first-order valence-electron chi connectivity index (χ1n) is 7.00. The Bertz CT molecular complexity index is 588. The Labute approximate surface area is 119 Å². The first-order valence-corrected chi connectivity index (χ1v) is 8.48. The monoisotopic (exact) mass is 296 g/mol. The van der Waals surface area contributed by atoms with E-state index >= 15 is 0 Å². The van der Waals surface area contributed by atoms with Crippen LogP contribution in [0.5, 0.6) is 0 Å². The summed E-state index contributed by atoms with van der Waals surface area (Å²) in [6.45, 7) is 3.11. The summed E-state index contributed by atoms with van der Waals surface area (Å²) in [5.74, 6) is 0. The van der Waals surface area contributed by atoms with E-state index in [1.807, 2.05) is 13.0 Å². The summed E-state index contributed by atoms with van der Waals surface area (Å²) in [5, 5.41) is 3.31. The average molecular weight is 296 g/mol. The van der Waals surface area contributed by atoms with Gasteiger partial charge in [0.15, 0.2) is 0 Å². The molecule has 2 aliphatic heterocycles. The van der Waals surface area contributed by atoms with Gasteiger partial charge in [-0.1, -0.05) is 12.1 Å². The molecule has 0 amide bonds. The summed E-state index contributed by atoms with van der Waals surface area (Å²) in [6, 6.07) is 7.40. The molecule has 6 heteroatoms. The van der Waals surface area contributed by atoms with E-state index in [9.17, 15) is 8.42 Å². The van der Waals surface area contributed by atoms with Crippen molar-refractivity contribution < 1.29 is 13.2 Å². The third-order valence-corrected chi connectivity index (χ3v) is 5.42. The summed E-state index contributed by atoms with van der Waals surface area (Å²) >= 11 is 0. The van der Waals surface area contributed by atoms with Crippen LogP contribution < -0.4 is 10.0 Å². The van der Waals surface area contributed by atoms with Crippen molar-refractivity contribution in [3.8, 4) is 0 Å². The molecule has 0 spiro atoms. The molecule has 110 valence electrons. The Morgan fingerprint density at radius 3 is 2.90 bits per heavy atom. The molecule has 0 aromatic heterocycles. The largest absolute Gasteiger partial charge is 0.371 e. The van der Waals surface area contributed by atoms with Crippen molar-refractivity contribution in [3.63, 3.8) is 0 Å². The predicted octanol–water partition coefficient (Wildman–Crippen LogP) is 0.793. The summed E-state index contributed by atoms with van der Waals surface area (Å²) in [4.78, 5) is 0.316. The van der Waals surface area contributed by atoms with Gasteiger partial charge in [0, 0.05) is 19.1 Å². The number of aryl methyl sites for hydroxylation is 1. The Hall–Kier alpha value is -0.950. The minimum atomic E-state index is -3.44. The van der Waals surface area contributed by atoms with Gasteiger partial charge in [-0.05, 0) is 37.5 Å². The van der Waals surface area contributed by atoms with E-state index in [0.29, 0.717) is 17.5 Å². The van der Waals surface area contributed by atoms with Crippen LogP contribution in [-0.2, 0) is 14.8 Å². The molecule has 0 saturated carbocycles. The fourth-order valence-corrected chi connectivity index (χ4v) is 3.88. The van der Waals surface area contributed by atoms with Crippen molar-refractivity contribution in [2.75, 3.05) is 13.1 Å². The third kappa shape index (κ3) is 2.88. The van der Waals surface area contributed by atoms with Gasteiger partial charge in [-0.15, -0.1) is 0 Å². The van der Waals surface area contributed by atoms with Crippen LogP contribution >= 0.6 is 0 Å². The summed E-state index contributed by atoms with van der Waals surface area (Å²) < 4.78 is 32.9. The molecule has 20 heavy (non-hydrogen) atoms. The van der Waals surface area contributed by atoms with E-state index in [1.165, 1.54) is 0 Å². The smallest absolute Gasteiger partial charge is 0.240 e. The lowest BCUT2D eigenvalue weighted by atomic mass is 9.93. The highest BCUT2D eigenvalue weighted by Crippen LogP contribution is 2.24. The van der Waals surface area contributed by atoms with Gasteiger partial charge in [-0.25, -0.2) is 13.1 Å². The Morgan fingerprint density at radius 1 is 1.40 bits per heavy atom. The third-order valence-electron chi connectivity index (χ3n) is 4.00.